The summed E-state index contributed by atoms with van der Waals surface area (Å²) in [6.45, 7) is 0. The summed E-state index contributed by atoms with van der Waals surface area (Å²) >= 11 is 0. The van der Waals surface area contributed by atoms with Gasteiger partial charge in [-0.25, -0.2) is 13.2 Å². The van der Waals surface area contributed by atoms with E-state index in [4.69, 9.17) is 5.11 Å². The molecule has 0 aromatic carbocycles. The predicted molar refractivity (Wildman–Crippen MR) is 30.8 cm³/mol. The van der Waals surface area contributed by atoms with E-state index < -0.39 is 21.0 Å². The van der Waals surface area contributed by atoms with Gasteiger partial charge in [-0.2, -0.15) is 0 Å². The van der Waals surface area contributed by atoms with Gasteiger partial charge < -0.3 is 10.4 Å². The molecule has 54 valence electrons. The Labute approximate surface area is 56.0 Å². The van der Waals surface area contributed by atoms with Gasteiger partial charge in [-0.15, -0.1) is 0 Å². The normalized spacial score (nSPS) is 10.8. The van der Waals surface area contributed by atoms with Crippen molar-refractivity contribution < 1.29 is 18.3 Å². The van der Waals surface area contributed by atoms with Crippen LogP contribution in [0.25, 0.3) is 0 Å². The van der Waals surface area contributed by atoms with Crippen LogP contribution in [0.15, 0.2) is 0 Å². The number of carboxylic acid groups (broad SMARTS) is 1. The van der Waals surface area contributed by atoms with Crippen molar-refractivity contribution in [1.82, 2.24) is 5.32 Å². The van der Waals surface area contributed by atoms with Crippen LogP contribution in [-0.4, -0.2) is 25.5 Å². The Hall–Kier alpha value is -0.490. The van der Waals surface area contributed by atoms with Gasteiger partial charge in [0, 0.05) is 10.7 Å². The molecular weight excluding hydrogens is 170 g/mol. The Bertz CT molecular complexity index is 197. The average Bonchev–Trinajstić information content (AvgIpc) is 1.59. The molecule has 5 nitrogen and oxygen atoms in total. The first-order chi connectivity index (χ1) is 3.92. The Morgan fingerprint density at radius 2 is 2.11 bits per heavy atom. The van der Waals surface area contributed by atoms with Gasteiger partial charge in [-0.1, -0.05) is 0 Å². The maximum atomic E-state index is 9.98. The fourth-order valence-corrected chi connectivity index (χ4v) is 0.607. The third-order valence-corrected chi connectivity index (χ3v) is 1.21. The molecule has 2 N–H and O–H groups in total. The first-order valence-electron chi connectivity index (χ1n) is 1.81. The van der Waals surface area contributed by atoms with Gasteiger partial charge in [-0.05, 0) is 0 Å². The van der Waals surface area contributed by atoms with Crippen LogP contribution in [0.5, 0.6) is 0 Å². The maximum absolute atomic E-state index is 9.98. The highest BCUT2D eigenvalue weighted by Gasteiger charge is 2.05. The maximum Gasteiger partial charge on any atom is 0.405 e. The monoisotopic (exact) mass is 173 g/mol. The van der Waals surface area contributed by atoms with Crippen molar-refractivity contribution in [2.45, 2.75) is 0 Å². The summed E-state index contributed by atoms with van der Waals surface area (Å²) in [6.07, 6.45) is -1.42. The second-order valence-corrected chi connectivity index (χ2v) is 3.94. The standard InChI is InChI=1S/C2H4ClNO4S/c3-9(7,8)1-4-2(5)6/h4H,1H2,(H,5,6). The summed E-state index contributed by atoms with van der Waals surface area (Å²) in [4.78, 5) is 9.61. The molecule has 0 heterocycles. The zero-order valence-corrected chi connectivity index (χ0v) is 5.74. The summed E-state index contributed by atoms with van der Waals surface area (Å²) < 4.78 is 20.0. The Morgan fingerprint density at radius 3 is 2.22 bits per heavy atom. The molecule has 0 aliphatic carbocycles. The van der Waals surface area contributed by atoms with Gasteiger partial charge >= 0.3 is 6.09 Å². The fourth-order valence-electron chi connectivity index (χ4n) is 0.148. The van der Waals surface area contributed by atoms with Crippen LogP contribution < -0.4 is 5.32 Å². The third kappa shape index (κ3) is 7.51. The molecule has 0 saturated carbocycles. The highest BCUT2D eigenvalue weighted by atomic mass is 35.7. The predicted octanol–water partition coefficient (Wildman–Crippen LogP) is -0.220. The summed E-state index contributed by atoms with van der Waals surface area (Å²) in [5.41, 5.74) is 0. The molecule has 0 fully saturated rings. The molecular formula is C2H4ClNO4S. The zero-order chi connectivity index (χ0) is 7.49. The van der Waals surface area contributed by atoms with E-state index in [-0.39, 0.29) is 0 Å². The highest BCUT2D eigenvalue weighted by Crippen LogP contribution is 1.91. The first kappa shape index (κ1) is 8.51. The van der Waals surface area contributed by atoms with E-state index in [1.165, 1.54) is 0 Å². The number of halogens is 1. The minimum Gasteiger partial charge on any atom is -0.465 e. The van der Waals surface area contributed by atoms with E-state index in [9.17, 15) is 13.2 Å². The Morgan fingerprint density at radius 1 is 1.67 bits per heavy atom. The molecule has 0 saturated heterocycles. The van der Waals surface area contributed by atoms with E-state index in [1.54, 1.807) is 5.32 Å². The van der Waals surface area contributed by atoms with Crippen molar-refractivity contribution in [1.29, 1.82) is 0 Å². The number of nitrogens with one attached hydrogen (secondary N) is 1. The van der Waals surface area contributed by atoms with Gasteiger partial charge in [-0.3, -0.25) is 0 Å². The van der Waals surface area contributed by atoms with Crippen molar-refractivity contribution in [2.24, 2.45) is 0 Å². The third-order valence-electron chi connectivity index (χ3n) is 0.396. The molecule has 7 heteroatoms. The van der Waals surface area contributed by atoms with Gasteiger partial charge in [0.05, 0.1) is 0 Å². The van der Waals surface area contributed by atoms with Crippen molar-refractivity contribution >= 4 is 25.8 Å². The molecule has 0 radical (unpaired) electrons. The summed E-state index contributed by atoms with van der Waals surface area (Å²) in [7, 11) is 0.885. The SMILES string of the molecule is O=C(O)NCS(=O)(=O)Cl. The quantitative estimate of drug-likeness (QED) is 0.566. The summed E-state index contributed by atoms with van der Waals surface area (Å²) in [5, 5.41) is 9.42. The lowest BCUT2D eigenvalue weighted by atomic mass is 11.1. The molecule has 0 atom stereocenters. The molecule has 1 amide bonds. The van der Waals surface area contributed by atoms with Crippen molar-refractivity contribution in [2.75, 3.05) is 5.88 Å². The molecule has 0 aromatic rings. The molecule has 0 aliphatic rings. The lowest BCUT2D eigenvalue weighted by molar-refractivity contribution is 0.196. The van der Waals surface area contributed by atoms with Gasteiger partial charge in [0.25, 0.3) is 9.05 Å². The molecule has 0 rings (SSSR count). The van der Waals surface area contributed by atoms with Crippen LogP contribution in [0.3, 0.4) is 0 Å². The van der Waals surface area contributed by atoms with Gasteiger partial charge in [0.2, 0.25) is 0 Å². The van der Waals surface area contributed by atoms with Crippen LogP contribution in [-0.2, 0) is 9.05 Å². The minimum absolute atomic E-state index is 0.760. The van der Waals surface area contributed by atoms with Crippen LogP contribution in [0, 0.1) is 0 Å². The number of hydrogen-bond acceptors (Lipinski definition) is 3. The Kier molecular flexibility index (Phi) is 2.72. The second kappa shape index (κ2) is 2.88. The van der Waals surface area contributed by atoms with Crippen LogP contribution >= 0.6 is 10.7 Å². The first-order valence-corrected chi connectivity index (χ1v) is 4.29. The topological polar surface area (TPSA) is 83.5 Å². The lowest BCUT2D eigenvalue weighted by Gasteiger charge is -1.92. The Balaban J connectivity index is 3.67. The van der Waals surface area contributed by atoms with Crippen molar-refractivity contribution in [3.05, 3.63) is 0 Å². The second-order valence-electron chi connectivity index (χ2n) is 1.17. The van der Waals surface area contributed by atoms with Crippen molar-refractivity contribution in [3.8, 4) is 0 Å². The number of carbonyl (C=O) groups is 1. The minimum atomic E-state index is -3.74. The van der Waals surface area contributed by atoms with Gasteiger partial charge in [0.1, 0.15) is 5.88 Å². The smallest absolute Gasteiger partial charge is 0.405 e. The molecule has 0 spiro atoms. The number of hydrogen-bond donors (Lipinski definition) is 2. The molecule has 0 unspecified atom stereocenters. The summed E-state index contributed by atoms with van der Waals surface area (Å²) in [5.74, 6) is -0.760. The largest absolute Gasteiger partial charge is 0.465 e. The highest BCUT2D eigenvalue weighted by molar-refractivity contribution is 8.13. The van der Waals surface area contributed by atoms with E-state index in [2.05, 4.69) is 10.7 Å². The van der Waals surface area contributed by atoms with Crippen LogP contribution in [0.4, 0.5) is 4.79 Å². The molecule has 0 aliphatic heterocycles. The molecule has 9 heavy (non-hydrogen) atoms. The average molecular weight is 174 g/mol. The zero-order valence-electron chi connectivity index (χ0n) is 4.17. The summed E-state index contributed by atoms with van der Waals surface area (Å²) in [6, 6.07) is 0. The van der Waals surface area contributed by atoms with E-state index in [1.807, 2.05) is 0 Å². The van der Waals surface area contributed by atoms with E-state index >= 15 is 0 Å². The fraction of sp³-hybridized carbons (Fsp3) is 0.500. The lowest BCUT2D eigenvalue weighted by Crippen LogP contribution is -2.25. The van der Waals surface area contributed by atoms with Crippen LogP contribution in [0.1, 0.15) is 0 Å². The number of rotatable bonds is 2. The number of amides is 1. The van der Waals surface area contributed by atoms with E-state index in [0.29, 0.717) is 0 Å². The molecule has 0 bridgehead atoms. The van der Waals surface area contributed by atoms with E-state index in [0.717, 1.165) is 0 Å². The molecule has 0 aromatic heterocycles. The van der Waals surface area contributed by atoms with Crippen LogP contribution in [0.2, 0.25) is 0 Å². The van der Waals surface area contributed by atoms with Crippen molar-refractivity contribution in [3.63, 3.8) is 0 Å². The van der Waals surface area contributed by atoms with Gasteiger partial charge in [0.15, 0.2) is 0 Å².